The average Bonchev–Trinajstić information content (AvgIpc) is 3.15. The number of likely N-dealkylation sites (tertiary alicyclic amines) is 1. The summed E-state index contributed by atoms with van der Waals surface area (Å²) in [6.07, 6.45) is -2.07. The summed E-state index contributed by atoms with van der Waals surface area (Å²) in [6, 6.07) is 14.5. The minimum atomic E-state index is -4.49. The molecule has 1 aromatic heterocycles. The van der Waals surface area contributed by atoms with Gasteiger partial charge in [0.05, 0.1) is 17.6 Å². The quantitative estimate of drug-likeness (QED) is 0.584. The molecule has 1 amide bonds. The van der Waals surface area contributed by atoms with E-state index in [1.165, 1.54) is 10.1 Å². The Bertz CT molecular complexity index is 1070. The van der Waals surface area contributed by atoms with E-state index in [2.05, 4.69) is 22.1 Å². The molecule has 1 saturated heterocycles. The number of hydrogen-bond donors (Lipinski definition) is 1. The molecule has 32 heavy (non-hydrogen) atoms. The Balaban J connectivity index is 1.34. The molecule has 5 nitrogen and oxygen atoms in total. The van der Waals surface area contributed by atoms with Crippen LogP contribution >= 0.6 is 0 Å². The fourth-order valence-corrected chi connectivity index (χ4v) is 4.29. The first kappa shape index (κ1) is 22.3. The van der Waals surface area contributed by atoms with Gasteiger partial charge in [0.1, 0.15) is 0 Å². The maximum atomic E-state index is 13.5. The second kappa shape index (κ2) is 9.32. The summed E-state index contributed by atoms with van der Waals surface area (Å²) >= 11 is 0. The maximum absolute atomic E-state index is 13.5. The molecular weight excluding hydrogens is 417 g/mol. The van der Waals surface area contributed by atoms with Crippen molar-refractivity contribution >= 4 is 22.6 Å². The number of imidazole rings is 1. The number of hydrogen-bond acceptors (Lipinski definition) is 3. The van der Waals surface area contributed by atoms with Crippen molar-refractivity contribution in [1.29, 1.82) is 0 Å². The maximum Gasteiger partial charge on any atom is 0.449 e. The van der Waals surface area contributed by atoms with E-state index in [9.17, 15) is 18.0 Å². The lowest BCUT2D eigenvalue weighted by Crippen LogP contribution is -2.40. The van der Waals surface area contributed by atoms with Gasteiger partial charge in [0, 0.05) is 12.2 Å². The number of carbonyl (C=O) groups excluding carboxylic acids is 1. The Morgan fingerprint density at radius 1 is 1.09 bits per heavy atom. The molecule has 0 unspecified atom stereocenters. The molecule has 0 bridgehead atoms. The van der Waals surface area contributed by atoms with E-state index in [1.807, 2.05) is 24.3 Å². The smallest absolute Gasteiger partial charge is 0.325 e. The number of fused-ring (bicyclic) bond motifs is 1. The van der Waals surface area contributed by atoms with Crippen molar-refractivity contribution in [1.82, 2.24) is 14.5 Å². The highest BCUT2D eigenvalue weighted by molar-refractivity contribution is 5.92. The summed E-state index contributed by atoms with van der Waals surface area (Å²) in [6.45, 7) is 4.00. The number of nitrogens with zero attached hydrogens (tertiary/aromatic N) is 3. The number of aryl methyl sites for hydroxylation is 1. The number of halogens is 3. The highest BCUT2D eigenvalue weighted by Gasteiger charge is 2.38. The van der Waals surface area contributed by atoms with Gasteiger partial charge in [-0.1, -0.05) is 31.2 Å². The summed E-state index contributed by atoms with van der Waals surface area (Å²) in [7, 11) is 0. The third-order valence-corrected chi connectivity index (χ3v) is 6.07. The van der Waals surface area contributed by atoms with Crippen molar-refractivity contribution in [3.63, 3.8) is 0 Å². The topological polar surface area (TPSA) is 50.2 Å². The molecular formula is C24H27F3N4O. The summed E-state index contributed by atoms with van der Waals surface area (Å²) in [5.41, 5.74) is 2.86. The fourth-order valence-electron chi connectivity index (χ4n) is 4.29. The highest BCUT2D eigenvalue weighted by atomic mass is 19.4. The van der Waals surface area contributed by atoms with Crippen molar-refractivity contribution in [3.05, 3.63) is 59.9 Å². The molecule has 1 fully saturated rings. The summed E-state index contributed by atoms with van der Waals surface area (Å²) < 4.78 is 41.9. The minimum absolute atomic E-state index is 0.0762. The predicted molar refractivity (Wildman–Crippen MR) is 118 cm³/mol. The van der Waals surface area contributed by atoms with Crippen molar-refractivity contribution in [2.45, 2.75) is 38.9 Å². The van der Waals surface area contributed by atoms with Crippen LogP contribution in [0.3, 0.4) is 0 Å². The molecule has 0 radical (unpaired) electrons. The van der Waals surface area contributed by atoms with Gasteiger partial charge >= 0.3 is 6.18 Å². The van der Waals surface area contributed by atoms with E-state index in [1.54, 1.807) is 24.3 Å². The molecule has 1 N–H and O–H groups in total. The number of piperidine rings is 1. The Morgan fingerprint density at radius 3 is 2.44 bits per heavy atom. The Hall–Kier alpha value is -2.87. The number of carbonyl (C=O) groups is 1. The van der Waals surface area contributed by atoms with Crippen LogP contribution in [0.15, 0.2) is 48.5 Å². The molecule has 0 atom stereocenters. The van der Waals surface area contributed by atoms with Crippen LogP contribution in [0, 0.1) is 5.92 Å². The number of amides is 1. The average molecular weight is 445 g/mol. The molecule has 1 aliphatic rings. The van der Waals surface area contributed by atoms with Gasteiger partial charge in [-0.3, -0.25) is 9.69 Å². The highest BCUT2D eigenvalue weighted by Crippen LogP contribution is 2.33. The molecule has 0 aliphatic carbocycles. The second-order valence-corrected chi connectivity index (χ2v) is 8.35. The third-order valence-electron chi connectivity index (χ3n) is 6.07. The van der Waals surface area contributed by atoms with E-state index >= 15 is 0 Å². The molecule has 3 aromatic rings. The van der Waals surface area contributed by atoms with Crippen molar-refractivity contribution in [2.24, 2.45) is 5.92 Å². The van der Waals surface area contributed by atoms with Gasteiger partial charge < -0.3 is 9.88 Å². The van der Waals surface area contributed by atoms with E-state index in [4.69, 9.17) is 0 Å². The number of aromatic nitrogens is 2. The van der Waals surface area contributed by atoms with E-state index in [0.717, 1.165) is 24.9 Å². The summed E-state index contributed by atoms with van der Waals surface area (Å²) in [5.74, 6) is -0.808. The predicted octanol–water partition coefficient (Wildman–Crippen LogP) is 4.97. The van der Waals surface area contributed by atoms with Crippen LogP contribution in [-0.4, -0.2) is 40.0 Å². The monoisotopic (exact) mass is 444 g/mol. The van der Waals surface area contributed by atoms with Gasteiger partial charge in [0.15, 0.2) is 0 Å². The van der Waals surface area contributed by atoms with Crippen LogP contribution in [0.4, 0.5) is 18.9 Å². The van der Waals surface area contributed by atoms with E-state index in [0.29, 0.717) is 24.1 Å². The molecule has 0 spiro atoms. The van der Waals surface area contributed by atoms with Crippen molar-refractivity contribution in [3.8, 4) is 0 Å². The van der Waals surface area contributed by atoms with Gasteiger partial charge in [-0.05, 0) is 68.1 Å². The SMILES string of the molecule is CCc1ccc(NC(=O)CN2CCC(Cn3c(C(F)(F)F)nc4ccccc43)CC2)cc1. The molecule has 170 valence electrons. The molecule has 4 rings (SSSR count). The zero-order valence-electron chi connectivity index (χ0n) is 18.0. The Kier molecular flexibility index (Phi) is 6.50. The number of anilines is 1. The van der Waals surface area contributed by atoms with Gasteiger partial charge in [0.25, 0.3) is 0 Å². The fraction of sp³-hybridized carbons (Fsp3) is 0.417. The summed E-state index contributed by atoms with van der Waals surface area (Å²) in [4.78, 5) is 18.3. The van der Waals surface area contributed by atoms with Gasteiger partial charge in [0.2, 0.25) is 11.7 Å². The number of alkyl halides is 3. The standard InChI is InChI=1S/C24H27F3N4O/c1-2-17-7-9-19(10-8-17)28-22(32)16-30-13-11-18(12-14-30)15-31-21-6-4-3-5-20(21)29-23(31)24(25,26)27/h3-10,18H,2,11-16H2,1H3,(H,28,32). The zero-order chi connectivity index (χ0) is 22.7. The van der Waals surface area contributed by atoms with Crippen LogP contribution in [-0.2, 0) is 23.9 Å². The van der Waals surface area contributed by atoms with Crippen molar-refractivity contribution in [2.75, 3.05) is 25.0 Å². The lowest BCUT2D eigenvalue weighted by molar-refractivity contribution is -0.147. The lowest BCUT2D eigenvalue weighted by atomic mass is 9.96. The zero-order valence-corrected chi connectivity index (χ0v) is 18.0. The molecule has 8 heteroatoms. The van der Waals surface area contributed by atoms with E-state index < -0.39 is 12.0 Å². The number of nitrogens with one attached hydrogen (secondary N) is 1. The third kappa shape index (κ3) is 5.12. The largest absolute Gasteiger partial charge is 0.449 e. The minimum Gasteiger partial charge on any atom is -0.325 e. The summed E-state index contributed by atoms with van der Waals surface area (Å²) in [5, 5.41) is 2.91. The second-order valence-electron chi connectivity index (χ2n) is 8.35. The first-order valence-electron chi connectivity index (χ1n) is 11.0. The normalized spacial score (nSPS) is 15.9. The molecule has 1 aliphatic heterocycles. The van der Waals surface area contributed by atoms with Crippen LogP contribution in [0.1, 0.15) is 31.2 Å². The van der Waals surface area contributed by atoms with Crippen LogP contribution in [0.25, 0.3) is 11.0 Å². The van der Waals surface area contributed by atoms with Crippen LogP contribution in [0.5, 0.6) is 0 Å². The molecule has 0 saturated carbocycles. The molecule has 2 aromatic carbocycles. The lowest BCUT2D eigenvalue weighted by Gasteiger charge is -2.32. The van der Waals surface area contributed by atoms with Crippen LogP contribution in [0.2, 0.25) is 0 Å². The van der Waals surface area contributed by atoms with Crippen molar-refractivity contribution < 1.29 is 18.0 Å². The van der Waals surface area contributed by atoms with Crippen LogP contribution < -0.4 is 5.32 Å². The number of rotatable bonds is 6. The first-order chi connectivity index (χ1) is 15.3. The first-order valence-corrected chi connectivity index (χ1v) is 11.0. The van der Waals surface area contributed by atoms with Gasteiger partial charge in [-0.2, -0.15) is 13.2 Å². The number of benzene rings is 2. The van der Waals surface area contributed by atoms with Gasteiger partial charge in [-0.25, -0.2) is 4.98 Å². The van der Waals surface area contributed by atoms with E-state index in [-0.39, 0.29) is 24.9 Å². The Labute approximate surface area is 185 Å². The number of para-hydroxylation sites is 2. The van der Waals surface area contributed by atoms with Gasteiger partial charge in [-0.15, -0.1) is 0 Å². The molecule has 2 heterocycles. The Morgan fingerprint density at radius 2 is 1.78 bits per heavy atom.